The Labute approximate surface area is 138 Å². The molecule has 0 aromatic rings. The highest BCUT2D eigenvalue weighted by atomic mass is 16.4. The summed E-state index contributed by atoms with van der Waals surface area (Å²) in [5.74, 6) is -4.88. The molecule has 1 unspecified atom stereocenters. The summed E-state index contributed by atoms with van der Waals surface area (Å²) in [5.41, 5.74) is 1.15. The molecular formula is C16H18N2O6. The molecule has 8 nitrogen and oxygen atoms in total. The van der Waals surface area contributed by atoms with E-state index < -0.39 is 30.2 Å². The Bertz CT molecular complexity index is 696. The number of carboxylic acid groups (broad SMARTS) is 3. The SMILES string of the molecule is CC1=CC/C(=C(/C#N)C(=O)O)C=C(C)N1CC(CC(=O)O)C(=O)O. The first-order valence-electron chi connectivity index (χ1n) is 7.11. The van der Waals surface area contributed by atoms with Crippen LogP contribution in [0.3, 0.4) is 0 Å². The first kappa shape index (κ1) is 19.0. The van der Waals surface area contributed by atoms with Crippen LogP contribution >= 0.6 is 0 Å². The van der Waals surface area contributed by atoms with Crippen LogP contribution in [0, 0.1) is 17.2 Å². The van der Waals surface area contributed by atoms with E-state index in [1.54, 1.807) is 30.9 Å². The van der Waals surface area contributed by atoms with E-state index in [-0.39, 0.29) is 18.5 Å². The Morgan fingerprint density at radius 2 is 1.88 bits per heavy atom. The number of carboxylic acids is 3. The topological polar surface area (TPSA) is 139 Å². The summed E-state index contributed by atoms with van der Waals surface area (Å²) in [6.07, 6.45) is 2.89. The zero-order valence-electron chi connectivity index (χ0n) is 13.3. The third-order valence-electron chi connectivity index (χ3n) is 3.67. The Morgan fingerprint density at radius 1 is 1.25 bits per heavy atom. The smallest absolute Gasteiger partial charge is 0.346 e. The minimum atomic E-state index is -1.33. The maximum Gasteiger partial charge on any atom is 0.346 e. The van der Waals surface area contributed by atoms with Gasteiger partial charge in [0, 0.05) is 17.9 Å². The van der Waals surface area contributed by atoms with E-state index >= 15 is 0 Å². The second kappa shape index (κ2) is 7.97. The number of allylic oxidation sites excluding steroid dienone is 5. The largest absolute Gasteiger partial charge is 0.481 e. The molecule has 1 aliphatic heterocycles. The Balaban J connectivity index is 3.22. The molecule has 1 atom stereocenters. The summed E-state index contributed by atoms with van der Waals surface area (Å²) >= 11 is 0. The zero-order valence-corrected chi connectivity index (χ0v) is 13.3. The van der Waals surface area contributed by atoms with E-state index in [9.17, 15) is 19.5 Å². The number of carbonyl (C=O) groups is 3. The summed E-state index contributed by atoms with van der Waals surface area (Å²) in [6.45, 7) is 3.31. The van der Waals surface area contributed by atoms with Gasteiger partial charge in [-0.15, -0.1) is 0 Å². The lowest BCUT2D eigenvalue weighted by Gasteiger charge is -2.28. The van der Waals surface area contributed by atoms with Crippen molar-refractivity contribution in [3.05, 3.63) is 34.7 Å². The zero-order chi connectivity index (χ0) is 18.4. The number of hydrogen-bond acceptors (Lipinski definition) is 5. The highest BCUT2D eigenvalue weighted by Gasteiger charge is 2.26. The fraction of sp³-hybridized carbons (Fsp3) is 0.375. The van der Waals surface area contributed by atoms with E-state index in [1.165, 1.54) is 6.08 Å². The minimum Gasteiger partial charge on any atom is -0.481 e. The van der Waals surface area contributed by atoms with Crippen LogP contribution in [-0.4, -0.2) is 44.7 Å². The molecule has 0 fully saturated rings. The van der Waals surface area contributed by atoms with Crippen molar-refractivity contribution < 1.29 is 29.7 Å². The number of hydrogen-bond donors (Lipinski definition) is 3. The summed E-state index contributed by atoms with van der Waals surface area (Å²) in [6, 6.07) is 1.65. The number of rotatable bonds is 6. The molecule has 1 heterocycles. The van der Waals surface area contributed by atoms with Crippen LogP contribution < -0.4 is 0 Å². The van der Waals surface area contributed by atoms with E-state index in [4.69, 9.17) is 15.5 Å². The molecule has 3 N–H and O–H groups in total. The third kappa shape index (κ3) is 4.71. The Kier molecular flexibility index (Phi) is 6.30. The number of nitrogens with zero attached hydrogens (tertiary/aromatic N) is 2. The van der Waals surface area contributed by atoms with Crippen LogP contribution in [0.2, 0.25) is 0 Å². The number of nitriles is 1. The molecule has 0 bridgehead atoms. The van der Waals surface area contributed by atoms with Crippen molar-refractivity contribution in [2.24, 2.45) is 5.92 Å². The maximum absolute atomic E-state index is 11.3. The van der Waals surface area contributed by atoms with Crippen LogP contribution in [0.1, 0.15) is 26.7 Å². The maximum atomic E-state index is 11.3. The second-order valence-electron chi connectivity index (χ2n) is 5.40. The second-order valence-corrected chi connectivity index (χ2v) is 5.40. The molecule has 0 saturated carbocycles. The first-order chi connectivity index (χ1) is 11.2. The van der Waals surface area contributed by atoms with Gasteiger partial charge in [0.05, 0.1) is 12.3 Å². The van der Waals surface area contributed by atoms with Crippen molar-refractivity contribution in [3.8, 4) is 6.07 Å². The summed E-state index contributed by atoms with van der Waals surface area (Å²) in [7, 11) is 0. The predicted octanol–water partition coefficient (Wildman–Crippen LogP) is 1.58. The van der Waals surface area contributed by atoms with Gasteiger partial charge in [0.15, 0.2) is 0 Å². The van der Waals surface area contributed by atoms with Gasteiger partial charge in [-0.25, -0.2) is 4.79 Å². The van der Waals surface area contributed by atoms with Crippen LogP contribution in [-0.2, 0) is 14.4 Å². The molecule has 0 aromatic carbocycles. The molecule has 0 aromatic heterocycles. The van der Waals surface area contributed by atoms with E-state index in [1.807, 2.05) is 0 Å². The van der Waals surface area contributed by atoms with Crippen molar-refractivity contribution in [1.82, 2.24) is 4.90 Å². The Hall–Kier alpha value is -3.08. The Morgan fingerprint density at radius 3 is 2.33 bits per heavy atom. The number of aliphatic carboxylic acids is 3. The van der Waals surface area contributed by atoms with E-state index in [0.717, 1.165) is 0 Å². The molecule has 24 heavy (non-hydrogen) atoms. The average Bonchev–Trinajstić information content (AvgIpc) is 2.59. The van der Waals surface area contributed by atoms with Gasteiger partial charge in [-0.05, 0) is 31.9 Å². The fourth-order valence-corrected chi connectivity index (χ4v) is 2.42. The van der Waals surface area contributed by atoms with Crippen LogP contribution in [0.25, 0.3) is 0 Å². The molecule has 0 spiro atoms. The van der Waals surface area contributed by atoms with Crippen LogP contribution in [0.4, 0.5) is 0 Å². The monoisotopic (exact) mass is 334 g/mol. The molecule has 1 aliphatic rings. The normalized spacial score (nSPS) is 17.8. The molecule has 0 radical (unpaired) electrons. The molecule has 0 saturated heterocycles. The van der Waals surface area contributed by atoms with Gasteiger partial charge < -0.3 is 20.2 Å². The van der Waals surface area contributed by atoms with Gasteiger partial charge in [-0.2, -0.15) is 5.26 Å². The third-order valence-corrected chi connectivity index (χ3v) is 3.67. The lowest BCUT2D eigenvalue weighted by molar-refractivity contribution is -0.148. The van der Waals surface area contributed by atoms with Gasteiger partial charge in [0.1, 0.15) is 11.6 Å². The molecule has 128 valence electrons. The van der Waals surface area contributed by atoms with Crippen molar-refractivity contribution in [2.45, 2.75) is 26.7 Å². The predicted molar refractivity (Wildman–Crippen MR) is 82.5 cm³/mol. The van der Waals surface area contributed by atoms with E-state index in [2.05, 4.69) is 0 Å². The highest BCUT2D eigenvalue weighted by molar-refractivity contribution is 5.92. The molecule has 0 amide bonds. The molecule has 1 rings (SSSR count). The summed E-state index contributed by atoms with van der Waals surface area (Å²) in [4.78, 5) is 34.8. The van der Waals surface area contributed by atoms with Crippen molar-refractivity contribution in [3.63, 3.8) is 0 Å². The van der Waals surface area contributed by atoms with Gasteiger partial charge in [-0.1, -0.05) is 6.08 Å². The average molecular weight is 334 g/mol. The summed E-state index contributed by atoms with van der Waals surface area (Å²) in [5, 5.41) is 36.1. The van der Waals surface area contributed by atoms with Crippen LogP contribution in [0.5, 0.6) is 0 Å². The standard InChI is InChI=1S/C16H18N2O6/c1-9-3-4-11(13(7-17)16(23)24)5-10(2)18(9)8-12(15(21)22)6-14(19)20/h3,5,12H,4,6,8H2,1-2H3,(H,19,20)(H,21,22)(H,23,24)/b13-11+. The lowest BCUT2D eigenvalue weighted by Crippen LogP contribution is -2.32. The summed E-state index contributed by atoms with van der Waals surface area (Å²) < 4.78 is 0. The highest BCUT2D eigenvalue weighted by Crippen LogP contribution is 2.25. The first-order valence-corrected chi connectivity index (χ1v) is 7.11. The van der Waals surface area contributed by atoms with Crippen LogP contribution in [0.15, 0.2) is 34.7 Å². The fourth-order valence-electron chi connectivity index (χ4n) is 2.42. The minimum absolute atomic E-state index is 0.0610. The van der Waals surface area contributed by atoms with Crippen molar-refractivity contribution in [1.29, 1.82) is 5.26 Å². The molecular weight excluding hydrogens is 316 g/mol. The van der Waals surface area contributed by atoms with Gasteiger partial charge in [0.2, 0.25) is 0 Å². The van der Waals surface area contributed by atoms with Gasteiger partial charge in [-0.3, -0.25) is 9.59 Å². The van der Waals surface area contributed by atoms with Gasteiger partial charge >= 0.3 is 17.9 Å². The van der Waals surface area contributed by atoms with Crippen molar-refractivity contribution in [2.75, 3.05) is 6.54 Å². The van der Waals surface area contributed by atoms with Gasteiger partial charge in [0.25, 0.3) is 0 Å². The molecule has 0 aliphatic carbocycles. The lowest BCUT2D eigenvalue weighted by atomic mass is 10.0. The van der Waals surface area contributed by atoms with E-state index in [0.29, 0.717) is 17.0 Å². The molecule has 8 heteroatoms. The van der Waals surface area contributed by atoms with Crippen molar-refractivity contribution >= 4 is 17.9 Å². The quantitative estimate of drug-likeness (QED) is 0.491.